The molecule has 3 saturated heterocycles. The van der Waals surface area contributed by atoms with Crippen LogP contribution in [0.1, 0.15) is 49.1 Å². The van der Waals surface area contributed by atoms with Gasteiger partial charge in [-0.25, -0.2) is 4.39 Å². The lowest BCUT2D eigenvalue weighted by Crippen LogP contribution is -2.44. The summed E-state index contributed by atoms with van der Waals surface area (Å²) >= 11 is 0. The van der Waals surface area contributed by atoms with E-state index < -0.39 is 0 Å². The normalized spacial score (nSPS) is 33.8. The van der Waals surface area contributed by atoms with Gasteiger partial charge in [-0.1, -0.05) is 12.1 Å². The van der Waals surface area contributed by atoms with Crippen LogP contribution in [0.5, 0.6) is 0 Å². The van der Waals surface area contributed by atoms with E-state index in [1.165, 1.54) is 31.2 Å². The van der Waals surface area contributed by atoms with Gasteiger partial charge in [0.2, 0.25) is 0 Å². The molecule has 0 saturated carbocycles. The Morgan fingerprint density at radius 3 is 2.62 bits per heavy atom. The van der Waals surface area contributed by atoms with Gasteiger partial charge in [-0.05, 0) is 62.1 Å². The average molecular weight is 333 g/mol. The largest absolute Gasteiger partial charge is 0.376 e. The molecule has 3 aliphatic heterocycles. The highest BCUT2D eigenvalue weighted by Crippen LogP contribution is 2.43. The molecule has 2 bridgehead atoms. The van der Waals surface area contributed by atoms with E-state index in [1.807, 2.05) is 13.0 Å². The number of fused-ring (bicyclic) bond motifs is 2. The number of benzene rings is 1. The van der Waals surface area contributed by atoms with Gasteiger partial charge < -0.3 is 9.47 Å². The Morgan fingerprint density at radius 2 is 1.96 bits per heavy atom. The molecule has 0 spiro atoms. The Hall–Kier alpha value is -0.970. The van der Waals surface area contributed by atoms with Crippen molar-refractivity contribution in [1.82, 2.24) is 4.90 Å². The third-order valence-corrected chi connectivity index (χ3v) is 6.13. The first-order chi connectivity index (χ1) is 11.7. The lowest BCUT2D eigenvalue weighted by molar-refractivity contribution is -0.0943. The number of nitrogens with zero attached hydrogens (tertiary/aromatic N) is 1. The summed E-state index contributed by atoms with van der Waals surface area (Å²) in [5.74, 6) is 0.501. The molecule has 0 N–H and O–H groups in total. The zero-order valence-corrected chi connectivity index (χ0v) is 14.5. The first-order valence-electron chi connectivity index (χ1n) is 9.42. The molecule has 3 nitrogen and oxygen atoms in total. The fraction of sp³-hybridized carbons (Fsp3) is 0.700. The van der Waals surface area contributed by atoms with Gasteiger partial charge in [0.15, 0.2) is 0 Å². The predicted molar refractivity (Wildman–Crippen MR) is 91.8 cm³/mol. The van der Waals surface area contributed by atoms with Crippen LogP contribution in [0.3, 0.4) is 0 Å². The summed E-state index contributed by atoms with van der Waals surface area (Å²) in [6.45, 7) is 5.22. The summed E-state index contributed by atoms with van der Waals surface area (Å²) in [5.41, 5.74) is 2.10. The Morgan fingerprint density at radius 1 is 1.17 bits per heavy atom. The molecule has 0 aromatic heterocycles. The molecule has 3 heterocycles. The van der Waals surface area contributed by atoms with Crippen LogP contribution in [0.4, 0.5) is 4.39 Å². The molecule has 0 radical (unpaired) electrons. The fourth-order valence-electron chi connectivity index (χ4n) is 4.83. The topological polar surface area (TPSA) is 21.7 Å². The molecule has 4 heteroatoms. The maximum Gasteiger partial charge on any atom is 0.126 e. The van der Waals surface area contributed by atoms with Crippen LogP contribution in [0.2, 0.25) is 0 Å². The number of aryl methyl sites for hydroxylation is 1. The zero-order valence-electron chi connectivity index (χ0n) is 14.5. The number of ether oxygens (including phenoxy) is 2. The molecule has 3 fully saturated rings. The Labute approximate surface area is 144 Å². The molecule has 132 valence electrons. The lowest BCUT2D eigenvalue weighted by Gasteiger charge is -2.40. The van der Waals surface area contributed by atoms with E-state index in [0.717, 1.165) is 38.3 Å². The van der Waals surface area contributed by atoms with Crippen molar-refractivity contribution >= 4 is 0 Å². The highest BCUT2D eigenvalue weighted by atomic mass is 19.1. The summed E-state index contributed by atoms with van der Waals surface area (Å²) in [7, 11) is 0. The van der Waals surface area contributed by atoms with Gasteiger partial charge in [-0.3, -0.25) is 4.90 Å². The van der Waals surface area contributed by atoms with Gasteiger partial charge in [0.05, 0.1) is 25.9 Å². The molecule has 4 atom stereocenters. The standard InChI is InChI=1S/C20H28FNO2/c1-14-10-15(2-5-20(14)21)16-11-17-3-4-18(12-16)22(17)7-6-19-13-23-8-9-24-19/h2,5,10,16-19H,3-4,6-9,11-13H2,1H3/t16?,17-,18+,19?. The predicted octanol–water partition coefficient (Wildman–Crippen LogP) is 3.65. The zero-order chi connectivity index (χ0) is 16.5. The van der Waals surface area contributed by atoms with Crippen LogP contribution in [0, 0.1) is 12.7 Å². The minimum atomic E-state index is -0.0890. The number of rotatable bonds is 4. The molecule has 0 amide bonds. The van der Waals surface area contributed by atoms with Crippen molar-refractivity contribution in [3.05, 3.63) is 35.1 Å². The third kappa shape index (κ3) is 3.37. The smallest absolute Gasteiger partial charge is 0.126 e. The van der Waals surface area contributed by atoms with Crippen LogP contribution < -0.4 is 0 Å². The van der Waals surface area contributed by atoms with E-state index in [2.05, 4.69) is 11.0 Å². The SMILES string of the molecule is Cc1cc(C2C[C@H]3CC[C@@H](C2)N3CCC2COCCO2)ccc1F. The van der Waals surface area contributed by atoms with Crippen LogP contribution >= 0.6 is 0 Å². The van der Waals surface area contributed by atoms with E-state index in [4.69, 9.17) is 9.47 Å². The molecule has 0 aliphatic carbocycles. The van der Waals surface area contributed by atoms with Gasteiger partial charge >= 0.3 is 0 Å². The summed E-state index contributed by atoms with van der Waals surface area (Å²) < 4.78 is 24.8. The van der Waals surface area contributed by atoms with Crippen LogP contribution in [-0.4, -0.2) is 49.5 Å². The number of halogens is 1. The molecule has 2 unspecified atom stereocenters. The lowest BCUT2D eigenvalue weighted by atomic mass is 9.84. The molecule has 1 aromatic carbocycles. The molecule has 4 rings (SSSR count). The number of hydrogen-bond donors (Lipinski definition) is 0. The van der Waals surface area contributed by atoms with Gasteiger partial charge in [0.1, 0.15) is 5.82 Å². The van der Waals surface area contributed by atoms with Crippen molar-refractivity contribution in [2.24, 2.45) is 0 Å². The quantitative estimate of drug-likeness (QED) is 0.839. The second-order valence-electron chi connectivity index (χ2n) is 7.66. The van der Waals surface area contributed by atoms with Crippen molar-refractivity contribution < 1.29 is 13.9 Å². The Balaban J connectivity index is 1.37. The van der Waals surface area contributed by atoms with E-state index in [0.29, 0.717) is 18.0 Å². The minimum Gasteiger partial charge on any atom is -0.376 e. The van der Waals surface area contributed by atoms with Gasteiger partial charge in [0.25, 0.3) is 0 Å². The second-order valence-corrected chi connectivity index (χ2v) is 7.66. The Bertz CT molecular complexity index is 559. The van der Waals surface area contributed by atoms with Crippen molar-refractivity contribution in [1.29, 1.82) is 0 Å². The van der Waals surface area contributed by atoms with Crippen LogP contribution in [0.25, 0.3) is 0 Å². The van der Waals surface area contributed by atoms with E-state index in [9.17, 15) is 4.39 Å². The molecule has 1 aromatic rings. The van der Waals surface area contributed by atoms with Gasteiger partial charge in [-0.2, -0.15) is 0 Å². The molecular weight excluding hydrogens is 305 g/mol. The molecule has 3 aliphatic rings. The van der Waals surface area contributed by atoms with E-state index in [-0.39, 0.29) is 11.9 Å². The molecular formula is C20H28FNO2. The summed E-state index contributed by atoms with van der Waals surface area (Å²) in [6.07, 6.45) is 6.39. The van der Waals surface area contributed by atoms with Gasteiger partial charge in [0, 0.05) is 18.6 Å². The maximum absolute atomic E-state index is 13.5. The van der Waals surface area contributed by atoms with Crippen LogP contribution in [0.15, 0.2) is 18.2 Å². The summed E-state index contributed by atoms with van der Waals surface area (Å²) in [5, 5.41) is 0. The average Bonchev–Trinajstić information content (AvgIpc) is 2.84. The van der Waals surface area contributed by atoms with Gasteiger partial charge in [-0.15, -0.1) is 0 Å². The third-order valence-electron chi connectivity index (χ3n) is 6.13. The first kappa shape index (κ1) is 16.5. The highest BCUT2D eigenvalue weighted by molar-refractivity contribution is 5.28. The van der Waals surface area contributed by atoms with Crippen molar-refractivity contribution in [2.45, 2.75) is 63.1 Å². The molecule has 24 heavy (non-hydrogen) atoms. The van der Waals surface area contributed by atoms with Crippen LogP contribution in [-0.2, 0) is 9.47 Å². The number of piperidine rings is 1. The minimum absolute atomic E-state index is 0.0890. The van der Waals surface area contributed by atoms with Crippen molar-refractivity contribution in [3.63, 3.8) is 0 Å². The second kappa shape index (κ2) is 7.11. The maximum atomic E-state index is 13.5. The van der Waals surface area contributed by atoms with Crippen molar-refractivity contribution in [3.8, 4) is 0 Å². The first-order valence-corrected chi connectivity index (χ1v) is 9.42. The monoisotopic (exact) mass is 333 g/mol. The van der Waals surface area contributed by atoms with Crippen molar-refractivity contribution in [2.75, 3.05) is 26.4 Å². The Kier molecular flexibility index (Phi) is 4.88. The van der Waals surface area contributed by atoms with E-state index in [1.54, 1.807) is 6.07 Å². The number of hydrogen-bond acceptors (Lipinski definition) is 3. The summed E-state index contributed by atoms with van der Waals surface area (Å²) in [4.78, 5) is 2.71. The summed E-state index contributed by atoms with van der Waals surface area (Å²) in [6, 6.07) is 7.06. The van der Waals surface area contributed by atoms with E-state index >= 15 is 0 Å². The highest BCUT2D eigenvalue weighted by Gasteiger charge is 2.41. The fourth-order valence-corrected chi connectivity index (χ4v) is 4.83.